The number of benzene rings is 3. The lowest BCUT2D eigenvalue weighted by molar-refractivity contribution is 0.0694. The van der Waals surface area contributed by atoms with Crippen molar-refractivity contribution >= 4 is 27.7 Å². The van der Waals surface area contributed by atoms with Crippen LogP contribution in [-0.2, 0) is 10.0 Å². The number of hydrogen-bond acceptors (Lipinski definition) is 5. The number of amides is 1. The average Bonchev–Trinajstić information content (AvgIpc) is 2.84. The number of nitriles is 1. The number of carbonyl (C=O) groups excluding carboxylic acids is 1. The van der Waals surface area contributed by atoms with Gasteiger partial charge in [-0.25, -0.2) is 12.8 Å². The van der Waals surface area contributed by atoms with Crippen LogP contribution in [0.3, 0.4) is 0 Å². The minimum absolute atomic E-state index is 0.0971. The molecule has 1 aliphatic rings. The van der Waals surface area contributed by atoms with Crippen molar-refractivity contribution in [2.24, 2.45) is 0 Å². The first-order valence-electron chi connectivity index (χ1n) is 10.2. The summed E-state index contributed by atoms with van der Waals surface area (Å²) in [5.74, 6) is -0.813. The third-order valence-electron chi connectivity index (χ3n) is 5.30. The van der Waals surface area contributed by atoms with Crippen molar-refractivity contribution < 1.29 is 17.6 Å². The van der Waals surface area contributed by atoms with Crippen LogP contribution in [0.1, 0.15) is 15.9 Å². The zero-order chi connectivity index (χ0) is 23.4. The summed E-state index contributed by atoms with van der Waals surface area (Å²) in [4.78, 5) is 16.3. The molecule has 1 amide bonds. The Morgan fingerprint density at radius 2 is 1.58 bits per heavy atom. The van der Waals surface area contributed by atoms with Crippen molar-refractivity contribution in [1.82, 2.24) is 9.21 Å². The van der Waals surface area contributed by atoms with E-state index in [-0.39, 0.29) is 37.0 Å². The van der Waals surface area contributed by atoms with Crippen LogP contribution < -0.4 is 0 Å². The van der Waals surface area contributed by atoms with E-state index in [2.05, 4.69) is 6.07 Å². The predicted molar refractivity (Wildman–Crippen MR) is 123 cm³/mol. The van der Waals surface area contributed by atoms with Crippen LogP contribution in [0.2, 0.25) is 0 Å². The van der Waals surface area contributed by atoms with Gasteiger partial charge in [-0.3, -0.25) is 4.79 Å². The summed E-state index contributed by atoms with van der Waals surface area (Å²) in [6.07, 6.45) is 0. The monoisotopic (exact) mass is 481 g/mol. The minimum atomic E-state index is -3.83. The van der Waals surface area contributed by atoms with Gasteiger partial charge in [-0.15, -0.1) is 0 Å². The molecule has 0 aromatic heterocycles. The topological polar surface area (TPSA) is 81.5 Å². The molecule has 0 radical (unpaired) electrons. The van der Waals surface area contributed by atoms with E-state index in [1.807, 2.05) is 24.3 Å². The quantitative estimate of drug-likeness (QED) is 0.550. The summed E-state index contributed by atoms with van der Waals surface area (Å²) in [5.41, 5.74) is 1.03. The summed E-state index contributed by atoms with van der Waals surface area (Å²) >= 11 is 1.35. The number of sulfonamides is 1. The molecule has 168 valence electrons. The first-order chi connectivity index (χ1) is 15.9. The molecule has 0 saturated carbocycles. The Hall–Kier alpha value is -3.19. The highest BCUT2D eigenvalue weighted by Gasteiger charge is 2.31. The van der Waals surface area contributed by atoms with Gasteiger partial charge in [0.2, 0.25) is 10.0 Å². The molecule has 6 nitrogen and oxygen atoms in total. The van der Waals surface area contributed by atoms with Crippen molar-refractivity contribution in [3.63, 3.8) is 0 Å². The molecule has 1 aliphatic heterocycles. The summed E-state index contributed by atoms with van der Waals surface area (Å²) < 4.78 is 40.4. The largest absolute Gasteiger partial charge is 0.336 e. The molecule has 0 unspecified atom stereocenters. The molecule has 0 N–H and O–H groups in total. The number of nitrogens with zero attached hydrogens (tertiary/aromatic N) is 3. The van der Waals surface area contributed by atoms with Crippen LogP contribution in [0.25, 0.3) is 0 Å². The lowest BCUT2D eigenvalue weighted by atomic mass is 10.2. The second kappa shape index (κ2) is 9.75. The van der Waals surface area contributed by atoms with E-state index in [4.69, 9.17) is 0 Å². The summed E-state index contributed by atoms with van der Waals surface area (Å²) in [6.45, 7) is 0.691. The predicted octanol–water partition coefficient (Wildman–Crippen LogP) is 4.00. The number of hydrogen-bond donors (Lipinski definition) is 0. The second-order valence-corrected chi connectivity index (χ2v) is 10.4. The van der Waals surface area contributed by atoms with Gasteiger partial charge in [0.25, 0.3) is 5.91 Å². The van der Waals surface area contributed by atoms with E-state index < -0.39 is 15.8 Å². The van der Waals surface area contributed by atoms with Crippen LogP contribution >= 0.6 is 11.8 Å². The third-order valence-corrected chi connectivity index (χ3v) is 8.35. The maximum atomic E-state index is 13.5. The number of piperazine rings is 1. The molecule has 3 aromatic rings. The molecule has 3 aromatic carbocycles. The highest BCUT2D eigenvalue weighted by molar-refractivity contribution is 7.99. The third kappa shape index (κ3) is 4.93. The Morgan fingerprint density at radius 1 is 0.909 bits per heavy atom. The molecule has 4 rings (SSSR count). The number of halogens is 1. The lowest BCUT2D eigenvalue weighted by Crippen LogP contribution is -2.50. The Labute approximate surface area is 196 Å². The van der Waals surface area contributed by atoms with Crippen LogP contribution in [0, 0.1) is 17.1 Å². The van der Waals surface area contributed by atoms with Gasteiger partial charge >= 0.3 is 0 Å². The summed E-state index contributed by atoms with van der Waals surface area (Å²) in [5, 5.41) is 9.35. The SMILES string of the molecule is N#Cc1ccccc1Sc1ccccc1C(=O)N1CCN(S(=O)(=O)c2cccc(F)c2)CC1. The number of carbonyl (C=O) groups is 1. The van der Waals surface area contributed by atoms with Crippen LogP contribution in [0.15, 0.2) is 87.5 Å². The molecule has 1 heterocycles. The van der Waals surface area contributed by atoms with Gasteiger partial charge in [0.05, 0.1) is 16.0 Å². The molecule has 33 heavy (non-hydrogen) atoms. The van der Waals surface area contributed by atoms with E-state index >= 15 is 0 Å². The second-order valence-electron chi connectivity index (χ2n) is 7.36. The lowest BCUT2D eigenvalue weighted by Gasteiger charge is -2.34. The van der Waals surface area contributed by atoms with Gasteiger partial charge in [0.15, 0.2) is 0 Å². The maximum absolute atomic E-state index is 13.5. The van der Waals surface area contributed by atoms with Gasteiger partial charge in [-0.2, -0.15) is 9.57 Å². The molecule has 9 heteroatoms. The van der Waals surface area contributed by atoms with Gasteiger partial charge in [-0.1, -0.05) is 42.1 Å². The van der Waals surface area contributed by atoms with Crippen molar-refractivity contribution in [2.45, 2.75) is 14.7 Å². The fraction of sp³-hybridized carbons (Fsp3) is 0.167. The summed E-state index contributed by atoms with van der Waals surface area (Å²) in [7, 11) is -3.83. The number of rotatable bonds is 5. The molecule has 0 aliphatic carbocycles. The smallest absolute Gasteiger partial charge is 0.255 e. The van der Waals surface area contributed by atoms with Crippen molar-refractivity contribution in [3.05, 3.63) is 89.7 Å². The first kappa shape index (κ1) is 23.0. The molecule has 0 atom stereocenters. The van der Waals surface area contributed by atoms with E-state index in [0.29, 0.717) is 11.1 Å². The van der Waals surface area contributed by atoms with E-state index in [1.165, 1.54) is 34.3 Å². The van der Waals surface area contributed by atoms with Crippen molar-refractivity contribution in [3.8, 4) is 6.07 Å². The standard InChI is InChI=1S/C24H20FN3O3S2/c25-19-7-5-8-20(16-19)33(30,31)28-14-12-27(13-15-28)24(29)21-9-2-4-11-23(21)32-22-10-3-1-6-18(22)17-26/h1-11,16H,12-15H2. The van der Waals surface area contributed by atoms with Crippen molar-refractivity contribution in [1.29, 1.82) is 5.26 Å². The Balaban J connectivity index is 1.49. The zero-order valence-corrected chi connectivity index (χ0v) is 19.2. The zero-order valence-electron chi connectivity index (χ0n) is 17.5. The fourth-order valence-electron chi connectivity index (χ4n) is 3.58. The Bertz CT molecular complexity index is 1330. The van der Waals surface area contributed by atoms with Gasteiger partial charge in [-0.05, 0) is 42.5 Å². The molecule has 0 bridgehead atoms. The average molecular weight is 482 g/mol. The van der Waals surface area contributed by atoms with Gasteiger partial charge in [0.1, 0.15) is 11.9 Å². The highest BCUT2D eigenvalue weighted by atomic mass is 32.2. The van der Waals surface area contributed by atoms with Crippen LogP contribution in [0.4, 0.5) is 4.39 Å². The van der Waals surface area contributed by atoms with Crippen LogP contribution in [-0.4, -0.2) is 49.7 Å². The highest BCUT2D eigenvalue weighted by Crippen LogP contribution is 2.33. The Morgan fingerprint density at radius 3 is 2.27 bits per heavy atom. The maximum Gasteiger partial charge on any atom is 0.255 e. The molecule has 1 saturated heterocycles. The van der Waals surface area contributed by atoms with E-state index in [1.54, 1.807) is 29.2 Å². The van der Waals surface area contributed by atoms with Crippen LogP contribution in [0.5, 0.6) is 0 Å². The fourth-order valence-corrected chi connectivity index (χ4v) is 6.05. The molecule has 1 fully saturated rings. The van der Waals surface area contributed by atoms with E-state index in [9.17, 15) is 22.9 Å². The van der Waals surface area contributed by atoms with Gasteiger partial charge < -0.3 is 4.90 Å². The van der Waals surface area contributed by atoms with Gasteiger partial charge in [0, 0.05) is 36.0 Å². The molecule has 0 spiro atoms. The minimum Gasteiger partial charge on any atom is -0.336 e. The normalized spacial score (nSPS) is 14.6. The summed E-state index contributed by atoms with van der Waals surface area (Å²) in [6, 6.07) is 21.4. The molecular formula is C24H20FN3O3S2. The van der Waals surface area contributed by atoms with E-state index in [0.717, 1.165) is 15.9 Å². The first-order valence-corrected chi connectivity index (χ1v) is 12.5. The molecular weight excluding hydrogens is 461 g/mol. The van der Waals surface area contributed by atoms with Crippen molar-refractivity contribution in [2.75, 3.05) is 26.2 Å². The Kier molecular flexibility index (Phi) is 6.79.